The Kier molecular flexibility index (Phi) is 1.94. The van der Waals surface area contributed by atoms with Crippen LogP contribution < -0.4 is 5.73 Å². The minimum atomic E-state index is 0.599. The molecule has 2 N–H and O–H groups in total. The third-order valence-corrected chi connectivity index (χ3v) is 2.01. The number of hydrogen-bond donors (Lipinski definition) is 1. The molecule has 0 saturated heterocycles. The lowest BCUT2D eigenvalue weighted by atomic mass is 10.7. The molecule has 0 spiro atoms. The van der Waals surface area contributed by atoms with Crippen molar-refractivity contribution in [1.29, 1.82) is 0 Å². The molecule has 1 rings (SSSR count). The Hall–Kier alpha value is -0.260. The van der Waals surface area contributed by atoms with Gasteiger partial charge in [-0.25, -0.2) is 4.98 Å². The van der Waals surface area contributed by atoms with E-state index in [-0.39, 0.29) is 0 Å². The first-order chi connectivity index (χ1) is 4.25. The molecule has 0 fully saturated rings. The second kappa shape index (κ2) is 2.55. The van der Waals surface area contributed by atoms with Gasteiger partial charge in [0.25, 0.3) is 0 Å². The van der Waals surface area contributed by atoms with Gasteiger partial charge >= 0.3 is 0 Å². The molecule has 0 amide bonds. The quantitative estimate of drug-likeness (QED) is 0.743. The van der Waals surface area contributed by atoms with Crippen LogP contribution >= 0.6 is 22.6 Å². The zero-order chi connectivity index (χ0) is 6.85. The van der Waals surface area contributed by atoms with Crippen LogP contribution in [-0.2, 0) is 6.54 Å². The van der Waals surface area contributed by atoms with Crippen molar-refractivity contribution in [3.63, 3.8) is 0 Å². The van der Waals surface area contributed by atoms with Gasteiger partial charge in [0.2, 0.25) is 5.95 Å². The van der Waals surface area contributed by atoms with Gasteiger partial charge in [0.15, 0.2) is 0 Å². The molecule has 1 aromatic rings. The van der Waals surface area contributed by atoms with E-state index in [2.05, 4.69) is 27.6 Å². The van der Waals surface area contributed by atoms with Gasteiger partial charge in [-0.2, -0.15) is 0 Å². The number of anilines is 1. The van der Waals surface area contributed by atoms with Gasteiger partial charge in [0, 0.05) is 6.54 Å². The molecule has 0 radical (unpaired) electrons. The van der Waals surface area contributed by atoms with E-state index in [4.69, 9.17) is 5.73 Å². The molecule has 0 atom stereocenters. The minimum Gasteiger partial charge on any atom is -0.369 e. The molecule has 0 aromatic carbocycles. The fourth-order valence-electron chi connectivity index (χ4n) is 0.681. The Bertz CT molecular complexity index is 186. The smallest absolute Gasteiger partial charge is 0.200 e. The predicted molar refractivity (Wildman–Crippen MR) is 45.0 cm³/mol. The molecule has 1 aromatic heterocycles. The molecular formula is C5H8IN3. The summed E-state index contributed by atoms with van der Waals surface area (Å²) in [7, 11) is 0. The summed E-state index contributed by atoms with van der Waals surface area (Å²) in [4.78, 5) is 3.92. The van der Waals surface area contributed by atoms with Crippen LogP contribution in [0.5, 0.6) is 0 Å². The number of nitrogen functional groups attached to an aromatic ring is 1. The molecule has 9 heavy (non-hydrogen) atoms. The number of imidazole rings is 1. The SMILES string of the molecule is CCn1c(I)cnc1N. The molecule has 0 aliphatic carbocycles. The van der Waals surface area contributed by atoms with Crippen molar-refractivity contribution in [3.8, 4) is 0 Å². The summed E-state index contributed by atoms with van der Waals surface area (Å²) < 4.78 is 3.04. The van der Waals surface area contributed by atoms with Gasteiger partial charge in [-0.1, -0.05) is 0 Å². The Morgan fingerprint density at radius 2 is 2.56 bits per heavy atom. The fraction of sp³-hybridized carbons (Fsp3) is 0.400. The highest BCUT2D eigenvalue weighted by Gasteiger charge is 1.99. The molecule has 0 aliphatic heterocycles. The van der Waals surface area contributed by atoms with Crippen LogP contribution in [0.25, 0.3) is 0 Å². The highest BCUT2D eigenvalue weighted by atomic mass is 127. The van der Waals surface area contributed by atoms with Gasteiger partial charge in [0.05, 0.1) is 6.20 Å². The van der Waals surface area contributed by atoms with Crippen molar-refractivity contribution >= 4 is 28.5 Å². The summed E-state index contributed by atoms with van der Waals surface area (Å²) in [6, 6.07) is 0. The first kappa shape index (κ1) is 6.85. The number of hydrogen-bond acceptors (Lipinski definition) is 2. The van der Waals surface area contributed by atoms with Gasteiger partial charge in [-0.15, -0.1) is 0 Å². The van der Waals surface area contributed by atoms with Gasteiger partial charge in [-0.3, -0.25) is 0 Å². The lowest BCUT2D eigenvalue weighted by molar-refractivity contribution is 0.756. The minimum absolute atomic E-state index is 0.599. The van der Waals surface area contributed by atoms with Crippen LogP contribution in [0, 0.1) is 3.70 Å². The Morgan fingerprint density at radius 1 is 1.89 bits per heavy atom. The monoisotopic (exact) mass is 237 g/mol. The maximum atomic E-state index is 5.50. The molecule has 4 heteroatoms. The highest BCUT2D eigenvalue weighted by molar-refractivity contribution is 14.1. The number of nitrogens with zero attached hydrogens (tertiary/aromatic N) is 2. The summed E-state index contributed by atoms with van der Waals surface area (Å²) in [5.41, 5.74) is 5.50. The molecule has 3 nitrogen and oxygen atoms in total. The molecule has 1 heterocycles. The Morgan fingerprint density at radius 3 is 2.78 bits per heavy atom. The van der Waals surface area contributed by atoms with Gasteiger partial charge in [0.1, 0.15) is 3.70 Å². The van der Waals surface area contributed by atoms with E-state index in [1.807, 2.05) is 11.5 Å². The van der Waals surface area contributed by atoms with Crippen molar-refractivity contribution in [2.24, 2.45) is 0 Å². The van der Waals surface area contributed by atoms with Crippen LogP contribution in [0.3, 0.4) is 0 Å². The van der Waals surface area contributed by atoms with Crippen molar-refractivity contribution in [1.82, 2.24) is 9.55 Å². The molecule has 0 saturated carbocycles. The van der Waals surface area contributed by atoms with Crippen molar-refractivity contribution in [2.75, 3.05) is 5.73 Å². The third-order valence-electron chi connectivity index (χ3n) is 1.15. The van der Waals surface area contributed by atoms with E-state index >= 15 is 0 Å². The first-order valence-corrected chi connectivity index (χ1v) is 3.80. The van der Waals surface area contributed by atoms with Gasteiger partial charge in [-0.05, 0) is 29.5 Å². The van der Waals surface area contributed by atoms with Crippen molar-refractivity contribution in [2.45, 2.75) is 13.5 Å². The summed E-state index contributed by atoms with van der Waals surface area (Å²) in [6.07, 6.45) is 1.76. The lowest BCUT2D eigenvalue weighted by Crippen LogP contribution is -2.02. The van der Waals surface area contributed by atoms with E-state index in [1.165, 1.54) is 0 Å². The van der Waals surface area contributed by atoms with E-state index in [1.54, 1.807) is 6.20 Å². The lowest BCUT2D eigenvalue weighted by Gasteiger charge is -1.98. The topological polar surface area (TPSA) is 43.8 Å². The highest BCUT2D eigenvalue weighted by Crippen LogP contribution is 2.08. The average molecular weight is 237 g/mol. The standard InChI is InChI=1S/C5H8IN3/c1-2-9-4(6)3-8-5(9)7/h3H,2H2,1H3,(H2,7,8). The van der Waals surface area contributed by atoms with E-state index in [0.29, 0.717) is 5.95 Å². The predicted octanol–water partition coefficient (Wildman–Crippen LogP) is 1.09. The maximum absolute atomic E-state index is 5.50. The van der Waals surface area contributed by atoms with Crippen LogP contribution in [0.4, 0.5) is 5.95 Å². The van der Waals surface area contributed by atoms with Crippen molar-refractivity contribution < 1.29 is 0 Å². The van der Waals surface area contributed by atoms with Crippen LogP contribution in [-0.4, -0.2) is 9.55 Å². The number of nitrogens with two attached hydrogens (primary N) is 1. The summed E-state index contributed by atoms with van der Waals surface area (Å²) in [5.74, 6) is 0.599. The number of halogens is 1. The van der Waals surface area contributed by atoms with Crippen LogP contribution in [0.15, 0.2) is 6.20 Å². The molecule has 0 aliphatic rings. The van der Waals surface area contributed by atoms with Crippen LogP contribution in [0.1, 0.15) is 6.92 Å². The zero-order valence-corrected chi connectivity index (χ0v) is 7.29. The molecule has 0 unspecified atom stereocenters. The third kappa shape index (κ3) is 1.17. The van der Waals surface area contributed by atoms with E-state index in [0.717, 1.165) is 10.2 Å². The van der Waals surface area contributed by atoms with Crippen molar-refractivity contribution in [3.05, 3.63) is 9.90 Å². The summed E-state index contributed by atoms with van der Waals surface area (Å²) >= 11 is 2.20. The fourth-order valence-corrected chi connectivity index (χ4v) is 1.41. The first-order valence-electron chi connectivity index (χ1n) is 2.72. The normalized spacial score (nSPS) is 10.0. The molecule has 0 bridgehead atoms. The zero-order valence-electron chi connectivity index (χ0n) is 5.13. The Labute approximate surface area is 67.4 Å². The maximum Gasteiger partial charge on any atom is 0.200 e. The molecule has 50 valence electrons. The largest absolute Gasteiger partial charge is 0.369 e. The van der Waals surface area contributed by atoms with E-state index in [9.17, 15) is 0 Å². The Balaban J connectivity index is 3.07. The molecular weight excluding hydrogens is 229 g/mol. The number of aromatic nitrogens is 2. The van der Waals surface area contributed by atoms with Crippen LogP contribution in [0.2, 0.25) is 0 Å². The second-order valence-corrected chi connectivity index (χ2v) is 2.79. The second-order valence-electron chi connectivity index (χ2n) is 1.68. The van der Waals surface area contributed by atoms with Gasteiger partial charge < -0.3 is 10.3 Å². The number of rotatable bonds is 1. The average Bonchev–Trinajstić information content (AvgIpc) is 2.12. The summed E-state index contributed by atoms with van der Waals surface area (Å²) in [5, 5.41) is 0. The van der Waals surface area contributed by atoms with E-state index < -0.39 is 0 Å². The summed E-state index contributed by atoms with van der Waals surface area (Å²) in [6.45, 7) is 2.93.